The van der Waals surface area contributed by atoms with E-state index in [0.717, 1.165) is 18.5 Å². The van der Waals surface area contributed by atoms with E-state index in [-0.39, 0.29) is 48.0 Å². The number of halogens is 6. The van der Waals surface area contributed by atoms with Gasteiger partial charge in [-0.25, -0.2) is 8.78 Å². The average Bonchev–Trinajstić information content (AvgIpc) is 2.90. The van der Waals surface area contributed by atoms with Gasteiger partial charge in [0.1, 0.15) is 7.85 Å². The summed E-state index contributed by atoms with van der Waals surface area (Å²) < 4.78 is 102. The topological polar surface area (TPSA) is 27.7 Å². The Kier molecular flexibility index (Phi) is 8.06. The molecule has 0 N–H and O–H groups in total. The molecule has 0 bridgehead atoms. The van der Waals surface area contributed by atoms with Crippen LogP contribution in [0.5, 0.6) is 11.5 Å². The zero-order valence-electron chi connectivity index (χ0n) is 20.3. The molecule has 0 aromatic heterocycles. The van der Waals surface area contributed by atoms with Crippen LogP contribution >= 0.6 is 0 Å². The van der Waals surface area contributed by atoms with Crippen molar-refractivity contribution in [3.05, 3.63) is 71.8 Å². The van der Waals surface area contributed by atoms with Crippen molar-refractivity contribution in [3.8, 4) is 33.8 Å². The van der Waals surface area contributed by atoms with E-state index in [2.05, 4.69) is 4.74 Å². The Bertz CT molecular complexity index is 1240. The molecule has 0 radical (unpaired) electrons. The average molecular weight is 522 g/mol. The Morgan fingerprint density at radius 3 is 1.84 bits per heavy atom. The highest BCUT2D eigenvalue weighted by Crippen LogP contribution is 2.37. The van der Waals surface area contributed by atoms with Gasteiger partial charge in [-0.3, -0.25) is 0 Å². The number of hydrogen-bond donors (Lipinski definition) is 0. The highest BCUT2D eigenvalue weighted by Gasteiger charge is 2.46. The molecule has 1 saturated heterocycles. The van der Waals surface area contributed by atoms with Gasteiger partial charge in [0, 0.05) is 17.7 Å². The lowest BCUT2D eigenvalue weighted by molar-refractivity contribution is -0.265. The van der Waals surface area contributed by atoms with Gasteiger partial charge < -0.3 is 14.2 Å². The lowest BCUT2D eigenvalue weighted by Gasteiger charge is -2.33. The quantitative estimate of drug-likeness (QED) is 0.241. The second-order valence-corrected chi connectivity index (χ2v) is 8.83. The molecule has 1 aliphatic heterocycles. The van der Waals surface area contributed by atoms with E-state index in [1.54, 1.807) is 6.92 Å². The van der Waals surface area contributed by atoms with E-state index in [1.165, 1.54) is 36.4 Å². The molecule has 37 heavy (non-hydrogen) atoms. The van der Waals surface area contributed by atoms with Gasteiger partial charge in [-0.15, -0.1) is 0 Å². The summed E-state index contributed by atoms with van der Waals surface area (Å²) in [5.41, 5.74) is 0.242. The molecule has 1 fully saturated rings. The summed E-state index contributed by atoms with van der Waals surface area (Å²) in [6, 6.07) is 10.3. The van der Waals surface area contributed by atoms with Crippen LogP contribution in [0.15, 0.2) is 48.5 Å². The number of alkyl halides is 2. The van der Waals surface area contributed by atoms with Crippen LogP contribution in [0.4, 0.5) is 26.3 Å². The third kappa shape index (κ3) is 5.59. The zero-order valence-corrected chi connectivity index (χ0v) is 20.3. The lowest BCUT2D eigenvalue weighted by Crippen LogP contribution is -2.44. The molecule has 3 aromatic rings. The summed E-state index contributed by atoms with van der Waals surface area (Å²) in [7, 11) is 1.94. The molecule has 2 atom stereocenters. The van der Waals surface area contributed by atoms with Crippen LogP contribution in [-0.2, 0) is 4.74 Å². The zero-order chi connectivity index (χ0) is 26.7. The fraction of sp³-hybridized carbons (Fsp3) is 0.333. The van der Waals surface area contributed by atoms with Crippen LogP contribution in [0.3, 0.4) is 0 Å². The van der Waals surface area contributed by atoms with Gasteiger partial charge in [-0.05, 0) is 61.1 Å². The standard InChI is InChI=1S/C27H25BF6O3/c1-2-35-20-10-8-18(23(29)25(20)31)16-4-6-17(7-5-16)19-9-11-21(26(32)24(19)30)37-27(33,34)22-12-3-15(13-28)14-36-22/h4-11,15,22H,2-3,12-14,28H2,1H3. The van der Waals surface area contributed by atoms with Crippen LogP contribution in [0.25, 0.3) is 22.3 Å². The Morgan fingerprint density at radius 1 is 0.811 bits per heavy atom. The molecule has 0 aliphatic carbocycles. The molecular weight excluding hydrogens is 497 g/mol. The fourth-order valence-corrected chi connectivity index (χ4v) is 4.29. The van der Waals surface area contributed by atoms with Crippen molar-refractivity contribution >= 4 is 7.85 Å². The van der Waals surface area contributed by atoms with E-state index in [0.29, 0.717) is 12.0 Å². The van der Waals surface area contributed by atoms with Crippen molar-refractivity contribution in [2.45, 2.75) is 38.3 Å². The first-order valence-corrected chi connectivity index (χ1v) is 12.0. The molecule has 0 saturated carbocycles. The van der Waals surface area contributed by atoms with Crippen molar-refractivity contribution in [2.24, 2.45) is 5.92 Å². The van der Waals surface area contributed by atoms with Crippen molar-refractivity contribution in [1.82, 2.24) is 0 Å². The van der Waals surface area contributed by atoms with Gasteiger partial charge in [-0.2, -0.15) is 17.6 Å². The van der Waals surface area contributed by atoms with E-state index in [9.17, 15) is 26.3 Å². The Balaban J connectivity index is 1.53. The summed E-state index contributed by atoms with van der Waals surface area (Å²) >= 11 is 0. The SMILES string of the molecule is BCC1CCC(C(F)(F)Oc2ccc(-c3ccc(-c4ccc(OCC)c(F)c4F)cc3)c(F)c2F)OC1. The van der Waals surface area contributed by atoms with Crippen molar-refractivity contribution < 1.29 is 40.6 Å². The monoisotopic (exact) mass is 522 g/mol. The maximum Gasteiger partial charge on any atom is 0.424 e. The molecule has 0 spiro atoms. The lowest BCUT2D eigenvalue weighted by atomic mass is 9.86. The minimum absolute atomic E-state index is 0.0406. The first kappa shape index (κ1) is 26.9. The fourth-order valence-electron chi connectivity index (χ4n) is 4.29. The number of hydrogen-bond acceptors (Lipinski definition) is 3. The Morgan fingerprint density at radius 2 is 1.35 bits per heavy atom. The third-order valence-corrected chi connectivity index (χ3v) is 6.47. The van der Waals surface area contributed by atoms with E-state index >= 15 is 0 Å². The molecule has 3 aromatic carbocycles. The van der Waals surface area contributed by atoms with E-state index in [1.807, 2.05) is 7.85 Å². The molecule has 10 heteroatoms. The van der Waals surface area contributed by atoms with Crippen molar-refractivity contribution in [3.63, 3.8) is 0 Å². The third-order valence-electron chi connectivity index (χ3n) is 6.47. The van der Waals surface area contributed by atoms with Crippen LogP contribution in [0.1, 0.15) is 19.8 Å². The predicted octanol–water partition coefficient (Wildman–Crippen LogP) is 6.79. The van der Waals surface area contributed by atoms with Crippen LogP contribution in [0, 0.1) is 29.2 Å². The van der Waals surface area contributed by atoms with Gasteiger partial charge in [0.15, 0.2) is 29.2 Å². The first-order chi connectivity index (χ1) is 17.7. The normalized spacial score (nSPS) is 18.0. The van der Waals surface area contributed by atoms with E-state index < -0.39 is 41.2 Å². The van der Waals surface area contributed by atoms with Crippen LogP contribution in [-0.4, -0.2) is 33.3 Å². The van der Waals surface area contributed by atoms with Gasteiger partial charge in [0.2, 0.25) is 11.6 Å². The Labute approximate surface area is 211 Å². The van der Waals surface area contributed by atoms with Crippen LogP contribution in [0.2, 0.25) is 6.32 Å². The predicted molar refractivity (Wildman–Crippen MR) is 130 cm³/mol. The maximum atomic E-state index is 14.9. The second kappa shape index (κ2) is 11.1. The highest BCUT2D eigenvalue weighted by atomic mass is 19.3. The summed E-state index contributed by atoms with van der Waals surface area (Å²) in [5.74, 6) is -6.16. The van der Waals surface area contributed by atoms with Gasteiger partial charge >= 0.3 is 6.11 Å². The molecule has 3 nitrogen and oxygen atoms in total. The van der Waals surface area contributed by atoms with Gasteiger partial charge in [-0.1, -0.05) is 30.6 Å². The van der Waals surface area contributed by atoms with Crippen molar-refractivity contribution in [2.75, 3.05) is 13.2 Å². The van der Waals surface area contributed by atoms with E-state index in [4.69, 9.17) is 9.47 Å². The molecule has 2 unspecified atom stereocenters. The molecule has 1 heterocycles. The summed E-state index contributed by atoms with van der Waals surface area (Å²) in [4.78, 5) is 0. The number of rotatable bonds is 8. The molecule has 4 rings (SSSR count). The largest absolute Gasteiger partial charge is 0.491 e. The van der Waals surface area contributed by atoms with Crippen LogP contribution < -0.4 is 9.47 Å². The molecule has 0 amide bonds. The molecular formula is C27H25BF6O3. The molecule has 196 valence electrons. The number of ether oxygens (including phenoxy) is 3. The summed E-state index contributed by atoms with van der Waals surface area (Å²) in [5, 5.41) is 0. The second-order valence-electron chi connectivity index (χ2n) is 8.83. The highest BCUT2D eigenvalue weighted by molar-refractivity contribution is 6.08. The number of benzene rings is 3. The summed E-state index contributed by atoms with van der Waals surface area (Å²) in [6.45, 7) is 1.96. The smallest absolute Gasteiger partial charge is 0.424 e. The summed E-state index contributed by atoms with van der Waals surface area (Å²) in [6.07, 6.45) is -4.03. The minimum atomic E-state index is -3.84. The first-order valence-electron chi connectivity index (χ1n) is 12.0. The molecule has 1 aliphatic rings. The van der Waals surface area contributed by atoms with Crippen molar-refractivity contribution in [1.29, 1.82) is 0 Å². The Hall–Kier alpha value is -3.14. The maximum absolute atomic E-state index is 14.9. The van der Waals surface area contributed by atoms with Gasteiger partial charge in [0.25, 0.3) is 0 Å². The van der Waals surface area contributed by atoms with Gasteiger partial charge in [0.05, 0.1) is 6.61 Å². The minimum Gasteiger partial charge on any atom is -0.491 e.